The number of hydrogen-bond acceptors (Lipinski definition) is 4. The summed E-state index contributed by atoms with van der Waals surface area (Å²) in [6, 6.07) is 7.62. The summed E-state index contributed by atoms with van der Waals surface area (Å²) in [5.74, 6) is 1.48. The Labute approximate surface area is 104 Å². The van der Waals surface area contributed by atoms with E-state index in [0.717, 1.165) is 17.9 Å². The summed E-state index contributed by atoms with van der Waals surface area (Å²) in [5, 5.41) is 3.41. The van der Waals surface area contributed by atoms with Gasteiger partial charge in [0.05, 0.1) is 6.54 Å². The Morgan fingerprint density at radius 1 is 1.59 bits per heavy atom. The lowest BCUT2D eigenvalue weighted by Gasteiger charge is -2.07. The molecule has 17 heavy (non-hydrogen) atoms. The highest BCUT2D eigenvalue weighted by atomic mass is 32.2. The summed E-state index contributed by atoms with van der Waals surface area (Å²) in [5.41, 5.74) is 1.11. The van der Waals surface area contributed by atoms with E-state index in [4.69, 9.17) is 4.74 Å². The molecular weight excluding hydrogens is 236 g/mol. The molecular formula is C12H14N2O2S. The van der Waals surface area contributed by atoms with Gasteiger partial charge in [-0.1, -0.05) is 23.9 Å². The molecule has 0 atom stereocenters. The zero-order chi connectivity index (χ0) is 12.1. The third kappa shape index (κ3) is 3.78. The van der Waals surface area contributed by atoms with Crippen molar-refractivity contribution in [3.05, 3.63) is 29.8 Å². The van der Waals surface area contributed by atoms with Gasteiger partial charge in [-0.3, -0.25) is 9.79 Å². The number of ether oxygens (including phenoxy) is 1. The number of carbonyl (C=O) groups is 1. The molecule has 0 saturated heterocycles. The highest BCUT2D eigenvalue weighted by Crippen LogP contribution is 2.12. The van der Waals surface area contributed by atoms with E-state index in [-0.39, 0.29) is 12.5 Å². The third-order valence-electron chi connectivity index (χ3n) is 2.19. The number of aryl methyl sites for hydroxylation is 1. The number of nitrogens with one attached hydrogen (secondary N) is 1. The summed E-state index contributed by atoms with van der Waals surface area (Å²) >= 11 is 1.56. The van der Waals surface area contributed by atoms with E-state index in [1.54, 1.807) is 11.8 Å². The first-order chi connectivity index (χ1) is 8.24. The second kappa shape index (κ2) is 5.72. The number of amidine groups is 1. The molecule has 1 aromatic carbocycles. The average Bonchev–Trinajstić information content (AvgIpc) is 2.79. The summed E-state index contributed by atoms with van der Waals surface area (Å²) in [6.45, 7) is 2.78. The number of hydrogen-bond donors (Lipinski definition) is 1. The van der Waals surface area contributed by atoms with Gasteiger partial charge in [-0.2, -0.15) is 0 Å². The standard InChI is InChI=1S/C12H14N2O2S/c1-9-3-2-4-10(7-9)16-8-11(15)14-12-13-5-6-17-12/h2-4,7H,5-6,8H2,1H3,(H,13,14,15). The molecule has 0 spiro atoms. The Morgan fingerprint density at radius 3 is 3.18 bits per heavy atom. The molecule has 90 valence electrons. The fourth-order valence-electron chi connectivity index (χ4n) is 1.42. The minimum atomic E-state index is -0.167. The Morgan fingerprint density at radius 2 is 2.47 bits per heavy atom. The molecule has 1 aliphatic heterocycles. The van der Waals surface area contributed by atoms with Crippen molar-refractivity contribution in [3.8, 4) is 5.75 Å². The number of benzene rings is 1. The Hall–Kier alpha value is -1.49. The number of amides is 1. The van der Waals surface area contributed by atoms with Crippen LogP contribution in [0.5, 0.6) is 5.75 Å². The van der Waals surface area contributed by atoms with Gasteiger partial charge in [0.25, 0.3) is 5.91 Å². The molecule has 4 nitrogen and oxygen atoms in total. The quantitative estimate of drug-likeness (QED) is 0.886. The van der Waals surface area contributed by atoms with Crippen LogP contribution in [0.25, 0.3) is 0 Å². The van der Waals surface area contributed by atoms with Gasteiger partial charge in [0.2, 0.25) is 0 Å². The molecule has 0 radical (unpaired) electrons. The van der Waals surface area contributed by atoms with E-state index >= 15 is 0 Å². The Bertz CT molecular complexity index is 446. The van der Waals surface area contributed by atoms with Crippen molar-refractivity contribution in [3.63, 3.8) is 0 Å². The van der Waals surface area contributed by atoms with Crippen LogP contribution in [0.15, 0.2) is 29.3 Å². The topological polar surface area (TPSA) is 50.7 Å². The van der Waals surface area contributed by atoms with Crippen LogP contribution in [-0.2, 0) is 4.79 Å². The van der Waals surface area contributed by atoms with Crippen LogP contribution in [0, 0.1) is 6.92 Å². The van der Waals surface area contributed by atoms with Crippen molar-refractivity contribution >= 4 is 22.8 Å². The van der Waals surface area contributed by atoms with E-state index in [2.05, 4.69) is 10.3 Å². The monoisotopic (exact) mass is 250 g/mol. The van der Waals surface area contributed by atoms with Gasteiger partial charge < -0.3 is 10.1 Å². The van der Waals surface area contributed by atoms with Crippen molar-refractivity contribution in [2.45, 2.75) is 6.92 Å². The molecule has 0 fully saturated rings. The van der Waals surface area contributed by atoms with Gasteiger partial charge in [0.15, 0.2) is 11.8 Å². The van der Waals surface area contributed by atoms with Crippen LogP contribution in [0.4, 0.5) is 0 Å². The van der Waals surface area contributed by atoms with Crippen molar-refractivity contribution in [1.29, 1.82) is 0 Å². The highest BCUT2D eigenvalue weighted by molar-refractivity contribution is 8.14. The van der Waals surface area contributed by atoms with Crippen LogP contribution in [0.2, 0.25) is 0 Å². The van der Waals surface area contributed by atoms with Crippen LogP contribution < -0.4 is 10.1 Å². The molecule has 5 heteroatoms. The molecule has 1 amide bonds. The van der Waals surface area contributed by atoms with Crippen LogP contribution in [0.1, 0.15) is 5.56 Å². The second-order valence-electron chi connectivity index (χ2n) is 3.69. The highest BCUT2D eigenvalue weighted by Gasteiger charge is 2.11. The average molecular weight is 250 g/mol. The van der Waals surface area contributed by atoms with Gasteiger partial charge in [-0.05, 0) is 24.6 Å². The van der Waals surface area contributed by atoms with Crippen molar-refractivity contribution in [2.75, 3.05) is 18.9 Å². The molecule has 1 N–H and O–H groups in total. The van der Waals surface area contributed by atoms with Crippen LogP contribution >= 0.6 is 11.8 Å². The second-order valence-corrected chi connectivity index (χ2v) is 4.77. The van der Waals surface area contributed by atoms with Gasteiger partial charge in [-0.25, -0.2) is 0 Å². The molecule has 0 aliphatic carbocycles. The SMILES string of the molecule is Cc1cccc(OCC(=O)NC2=NCCS2)c1. The summed E-state index contributed by atoms with van der Waals surface area (Å²) < 4.78 is 5.38. The minimum absolute atomic E-state index is 0.0169. The summed E-state index contributed by atoms with van der Waals surface area (Å²) in [6.07, 6.45) is 0. The Kier molecular flexibility index (Phi) is 4.03. The predicted molar refractivity (Wildman–Crippen MR) is 69.6 cm³/mol. The van der Waals surface area contributed by atoms with Gasteiger partial charge in [0, 0.05) is 5.75 Å². The number of nitrogens with zero attached hydrogens (tertiary/aromatic N) is 1. The maximum absolute atomic E-state index is 11.5. The third-order valence-corrected chi connectivity index (χ3v) is 3.08. The van der Waals surface area contributed by atoms with Crippen LogP contribution in [-0.4, -0.2) is 30.0 Å². The fraction of sp³-hybridized carbons (Fsp3) is 0.333. The largest absolute Gasteiger partial charge is 0.484 e. The van der Waals surface area contributed by atoms with E-state index in [9.17, 15) is 4.79 Å². The number of thioether (sulfide) groups is 1. The lowest BCUT2D eigenvalue weighted by Crippen LogP contribution is -2.32. The molecule has 0 unspecified atom stereocenters. The predicted octanol–water partition coefficient (Wildman–Crippen LogP) is 1.59. The number of rotatable bonds is 3. The van der Waals surface area contributed by atoms with E-state index in [1.165, 1.54) is 0 Å². The van der Waals surface area contributed by atoms with Gasteiger partial charge >= 0.3 is 0 Å². The zero-order valence-corrected chi connectivity index (χ0v) is 10.4. The lowest BCUT2D eigenvalue weighted by molar-refractivity contribution is -0.121. The fourth-order valence-corrected chi connectivity index (χ4v) is 2.16. The molecule has 1 aliphatic rings. The maximum atomic E-state index is 11.5. The first-order valence-electron chi connectivity index (χ1n) is 5.40. The van der Waals surface area contributed by atoms with Gasteiger partial charge in [0.1, 0.15) is 5.75 Å². The first-order valence-corrected chi connectivity index (χ1v) is 6.39. The van der Waals surface area contributed by atoms with E-state index in [1.807, 2.05) is 31.2 Å². The zero-order valence-electron chi connectivity index (χ0n) is 9.60. The maximum Gasteiger partial charge on any atom is 0.263 e. The number of aliphatic imine (C=N–C) groups is 1. The Balaban J connectivity index is 1.79. The van der Waals surface area contributed by atoms with Gasteiger partial charge in [-0.15, -0.1) is 0 Å². The molecule has 0 aromatic heterocycles. The first kappa shape index (κ1) is 12.0. The van der Waals surface area contributed by atoms with Crippen molar-refractivity contribution in [2.24, 2.45) is 4.99 Å². The minimum Gasteiger partial charge on any atom is -0.484 e. The lowest BCUT2D eigenvalue weighted by atomic mass is 10.2. The molecule has 2 rings (SSSR count). The molecule has 1 aromatic rings. The normalized spacial score (nSPS) is 14.3. The van der Waals surface area contributed by atoms with Crippen molar-refractivity contribution in [1.82, 2.24) is 5.32 Å². The molecule has 1 heterocycles. The van der Waals surface area contributed by atoms with E-state index < -0.39 is 0 Å². The smallest absolute Gasteiger partial charge is 0.263 e. The summed E-state index contributed by atoms with van der Waals surface area (Å²) in [4.78, 5) is 15.7. The molecule has 0 saturated carbocycles. The number of carbonyl (C=O) groups excluding carboxylic acids is 1. The summed E-state index contributed by atoms with van der Waals surface area (Å²) in [7, 11) is 0. The van der Waals surface area contributed by atoms with E-state index in [0.29, 0.717) is 10.9 Å². The van der Waals surface area contributed by atoms with Crippen molar-refractivity contribution < 1.29 is 9.53 Å². The molecule has 0 bridgehead atoms. The van der Waals surface area contributed by atoms with Crippen LogP contribution in [0.3, 0.4) is 0 Å².